The lowest BCUT2D eigenvalue weighted by atomic mass is 10.2. The van der Waals surface area contributed by atoms with Crippen molar-refractivity contribution in [3.8, 4) is 0 Å². The first-order valence-electron chi connectivity index (χ1n) is 5.31. The van der Waals surface area contributed by atoms with Gasteiger partial charge >= 0.3 is 0 Å². The molecule has 1 aromatic carbocycles. The molecule has 0 spiro atoms. The maximum atomic E-state index is 12.1. The molecule has 6 heteroatoms. The fraction of sp³-hybridized carbons (Fsp3) is 0.167. The van der Waals surface area contributed by atoms with Gasteiger partial charge in [-0.25, -0.2) is 8.42 Å². The summed E-state index contributed by atoms with van der Waals surface area (Å²) in [6, 6.07) is 10.1. The van der Waals surface area contributed by atoms with Crippen molar-refractivity contribution in [2.24, 2.45) is 0 Å². The van der Waals surface area contributed by atoms with Gasteiger partial charge < -0.3 is 5.11 Å². The lowest BCUT2D eigenvalue weighted by Crippen LogP contribution is -2.12. The summed E-state index contributed by atoms with van der Waals surface area (Å²) in [6.45, 7) is 1.65. The van der Waals surface area contributed by atoms with Gasteiger partial charge in [-0.2, -0.15) is 0 Å². The molecule has 0 aliphatic heterocycles. The molecule has 0 aliphatic carbocycles. The first-order chi connectivity index (χ1) is 8.53. The first kappa shape index (κ1) is 13.1. The zero-order valence-electron chi connectivity index (χ0n) is 9.75. The molecule has 0 fully saturated rings. The molecule has 0 atom stereocenters. The molecule has 1 heterocycles. The SMILES string of the molecule is Cc1ccc(S(=O)(=O)Nc2ccccc2CO)s1. The third kappa shape index (κ3) is 2.72. The molecule has 4 nitrogen and oxygen atoms in total. The number of hydrogen-bond acceptors (Lipinski definition) is 4. The number of sulfonamides is 1. The van der Waals surface area contributed by atoms with Gasteiger partial charge in [0.15, 0.2) is 0 Å². The summed E-state index contributed by atoms with van der Waals surface area (Å²) in [6.07, 6.45) is 0. The number of rotatable bonds is 4. The summed E-state index contributed by atoms with van der Waals surface area (Å²) in [5.74, 6) is 0. The Labute approximate surface area is 110 Å². The van der Waals surface area contributed by atoms with Gasteiger partial charge in [-0.3, -0.25) is 4.72 Å². The topological polar surface area (TPSA) is 66.4 Å². The van der Waals surface area contributed by atoms with Gasteiger partial charge in [0.05, 0.1) is 12.3 Å². The van der Waals surface area contributed by atoms with E-state index in [-0.39, 0.29) is 10.8 Å². The fourth-order valence-corrected chi connectivity index (χ4v) is 3.89. The zero-order chi connectivity index (χ0) is 13.2. The average molecular weight is 283 g/mol. The molecular formula is C12H13NO3S2. The second-order valence-electron chi connectivity index (χ2n) is 3.79. The van der Waals surface area contributed by atoms with E-state index < -0.39 is 10.0 Å². The van der Waals surface area contributed by atoms with E-state index in [1.807, 2.05) is 6.92 Å². The van der Waals surface area contributed by atoms with E-state index in [0.29, 0.717) is 11.3 Å². The fourth-order valence-electron chi connectivity index (χ4n) is 1.51. The quantitative estimate of drug-likeness (QED) is 0.905. The molecule has 0 saturated carbocycles. The van der Waals surface area contributed by atoms with Crippen LogP contribution in [-0.2, 0) is 16.6 Å². The van der Waals surface area contributed by atoms with Crippen LogP contribution >= 0.6 is 11.3 Å². The molecule has 18 heavy (non-hydrogen) atoms. The van der Waals surface area contributed by atoms with Crippen LogP contribution in [0.2, 0.25) is 0 Å². The van der Waals surface area contributed by atoms with E-state index in [2.05, 4.69) is 4.72 Å². The number of aliphatic hydroxyl groups excluding tert-OH is 1. The summed E-state index contributed by atoms with van der Waals surface area (Å²) >= 11 is 1.21. The van der Waals surface area contributed by atoms with Gasteiger partial charge in [-0.05, 0) is 25.1 Å². The van der Waals surface area contributed by atoms with Crippen molar-refractivity contribution in [1.82, 2.24) is 0 Å². The standard InChI is InChI=1S/C12H13NO3S2/c1-9-6-7-12(17-9)18(15,16)13-11-5-3-2-4-10(11)8-14/h2-7,13-14H,8H2,1H3. The van der Waals surface area contributed by atoms with Crippen molar-refractivity contribution in [2.75, 3.05) is 4.72 Å². The van der Waals surface area contributed by atoms with Gasteiger partial charge in [0.25, 0.3) is 10.0 Å². The Bertz CT molecular complexity index is 647. The van der Waals surface area contributed by atoms with Crippen molar-refractivity contribution in [2.45, 2.75) is 17.7 Å². The summed E-state index contributed by atoms with van der Waals surface area (Å²) in [7, 11) is -3.57. The number of thiophene rings is 1. The number of aryl methyl sites for hydroxylation is 1. The Kier molecular flexibility index (Phi) is 3.70. The van der Waals surface area contributed by atoms with Gasteiger partial charge in [-0.1, -0.05) is 18.2 Å². The minimum atomic E-state index is -3.57. The van der Waals surface area contributed by atoms with Crippen LogP contribution in [0, 0.1) is 6.92 Å². The predicted octanol–water partition coefficient (Wildman–Crippen LogP) is 2.35. The monoisotopic (exact) mass is 283 g/mol. The van der Waals surface area contributed by atoms with Crippen molar-refractivity contribution >= 4 is 27.0 Å². The van der Waals surface area contributed by atoms with Gasteiger partial charge in [0.1, 0.15) is 4.21 Å². The molecule has 2 N–H and O–H groups in total. The van der Waals surface area contributed by atoms with Crippen LogP contribution in [0.4, 0.5) is 5.69 Å². The Balaban J connectivity index is 2.33. The summed E-state index contributed by atoms with van der Waals surface area (Å²) in [4.78, 5) is 0.936. The number of anilines is 1. The molecule has 0 amide bonds. The number of aliphatic hydroxyl groups is 1. The molecule has 0 saturated heterocycles. The molecule has 2 aromatic rings. The Morgan fingerprint density at radius 2 is 1.94 bits per heavy atom. The Hall–Kier alpha value is -1.37. The second kappa shape index (κ2) is 5.09. The molecule has 0 unspecified atom stereocenters. The van der Waals surface area contributed by atoms with E-state index in [9.17, 15) is 8.42 Å². The summed E-state index contributed by atoms with van der Waals surface area (Å²) < 4.78 is 27.0. The molecule has 0 bridgehead atoms. The highest BCUT2D eigenvalue weighted by molar-refractivity contribution is 7.94. The average Bonchev–Trinajstić information content (AvgIpc) is 2.77. The van der Waals surface area contributed by atoms with Crippen molar-refractivity contribution < 1.29 is 13.5 Å². The first-order valence-corrected chi connectivity index (χ1v) is 7.61. The van der Waals surface area contributed by atoms with Crippen molar-refractivity contribution in [1.29, 1.82) is 0 Å². The maximum Gasteiger partial charge on any atom is 0.271 e. The number of para-hydroxylation sites is 1. The van der Waals surface area contributed by atoms with Crippen molar-refractivity contribution in [3.63, 3.8) is 0 Å². The zero-order valence-corrected chi connectivity index (χ0v) is 11.4. The minimum Gasteiger partial charge on any atom is -0.392 e. The lowest BCUT2D eigenvalue weighted by Gasteiger charge is -2.09. The van der Waals surface area contributed by atoms with E-state index in [1.54, 1.807) is 36.4 Å². The van der Waals surface area contributed by atoms with E-state index in [0.717, 1.165) is 4.88 Å². The van der Waals surface area contributed by atoms with Gasteiger partial charge in [0.2, 0.25) is 0 Å². The van der Waals surface area contributed by atoms with Crippen LogP contribution in [0.5, 0.6) is 0 Å². The second-order valence-corrected chi connectivity index (χ2v) is 6.98. The molecule has 2 rings (SSSR count). The number of hydrogen-bond donors (Lipinski definition) is 2. The number of nitrogens with one attached hydrogen (secondary N) is 1. The number of benzene rings is 1. The van der Waals surface area contributed by atoms with Crippen LogP contribution in [-0.4, -0.2) is 13.5 Å². The highest BCUT2D eigenvalue weighted by atomic mass is 32.2. The molecular weight excluding hydrogens is 270 g/mol. The van der Waals surface area contributed by atoms with Crippen LogP contribution < -0.4 is 4.72 Å². The third-order valence-electron chi connectivity index (χ3n) is 2.41. The summed E-state index contributed by atoms with van der Waals surface area (Å²) in [5, 5.41) is 9.16. The van der Waals surface area contributed by atoms with Crippen LogP contribution in [0.15, 0.2) is 40.6 Å². The normalized spacial score (nSPS) is 11.4. The van der Waals surface area contributed by atoms with E-state index in [4.69, 9.17) is 5.11 Å². The van der Waals surface area contributed by atoms with Gasteiger partial charge in [0, 0.05) is 10.4 Å². The molecule has 96 valence electrons. The van der Waals surface area contributed by atoms with E-state index >= 15 is 0 Å². The van der Waals surface area contributed by atoms with Crippen LogP contribution in [0.3, 0.4) is 0 Å². The highest BCUT2D eigenvalue weighted by Gasteiger charge is 2.17. The Morgan fingerprint density at radius 1 is 1.22 bits per heavy atom. The highest BCUT2D eigenvalue weighted by Crippen LogP contribution is 2.24. The van der Waals surface area contributed by atoms with Crippen LogP contribution in [0.1, 0.15) is 10.4 Å². The Morgan fingerprint density at radius 3 is 2.56 bits per heavy atom. The largest absolute Gasteiger partial charge is 0.392 e. The van der Waals surface area contributed by atoms with Crippen molar-refractivity contribution in [3.05, 3.63) is 46.8 Å². The van der Waals surface area contributed by atoms with Gasteiger partial charge in [-0.15, -0.1) is 11.3 Å². The molecule has 1 aromatic heterocycles. The smallest absolute Gasteiger partial charge is 0.271 e. The van der Waals surface area contributed by atoms with Crippen LogP contribution in [0.25, 0.3) is 0 Å². The third-order valence-corrected chi connectivity index (χ3v) is 5.27. The maximum absolute atomic E-state index is 12.1. The minimum absolute atomic E-state index is 0.206. The lowest BCUT2D eigenvalue weighted by molar-refractivity contribution is 0.282. The predicted molar refractivity (Wildman–Crippen MR) is 72.2 cm³/mol. The molecule has 0 radical (unpaired) electrons. The van der Waals surface area contributed by atoms with E-state index in [1.165, 1.54) is 11.3 Å². The summed E-state index contributed by atoms with van der Waals surface area (Å²) in [5.41, 5.74) is 0.959. The molecule has 0 aliphatic rings.